The largest absolute Gasteiger partial charge is 0.416 e. The Morgan fingerprint density at radius 1 is 1.32 bits per heavy atom. The maximum Gasteiger partial charge on any atom is 0.416 e. The standard InChI is InChI=1S/C13H13F3N2S/c1-2-6-17-12-18-8-11(19-12)9-4-3-5-10(7-9)13(14,15)16/h3-5,7-8H,2,6H2,1H3,(H,17,18). The van der Waals surface area contributed by atoms with E-state index in [1.807, 2.05) is 6.92 Å². The van der Waals surface area contributed by atoms with Gasteiger partial charge in [0, 0.05) is 12.7 Å². The summed E-state index contributed by atoms with van der Waals surface area (Å²) in [6.07, 6.45) is -1.75. The lowest BCUT2D eigenvalue weighted by Gasteiger charge is -2.07. The SMILES string of the molecule is CCCNc1ncc(-c2cccc(C(F)(F)F)c2)s1. The van der Waals surface area contributed by atoms with Crippen LogP contribution in [0.2, 0.25) is 0 Å². The van der Waals surface area contributed by atoms with Crippen molar-refractivity contribution < 1.29 is 13.2 Å². The Bertz CT molecular complexity index is 549. The highest BCUT2D eigenvalue weighted by atomic mass is 32.1. The summed E-state index contributed by atoms with van der Waals surface area (Å²) in [5, 5.41) is 3.85. The fraction of sp³-hybridized carbons (Fsp3) is 0.308. The molecule has 6 heteroatoms. The van der Waals surface area contributed by atoms with Crippen LogP contribution in [-0.4, -0.2) is 11.5 Å². The maximum atomic E-state index is 12.6. The summed E-state index contributed by atoms with van der Waals surface area (Å²) in [4.78, 5) is 4.87. The van der Waals surface area contributed by atoms with Crippen molar-refractivity contribution in [2.75, 3.05) is 11.9 Å². The van der Waals surface area contributed by atoms with Gasteiger partial charge in [0.1, 0.15) is 0 Å². The molecule has 0 saturated carbocycles. The van der Waals surface area contributed by atoms with E-state index in [9.17, 15) is 13.2 Å². The summed E-state index contributed by atoms with van der Waals surface area (Å²) < 4.78 is 37.9. The number of anilines is 1. The molecular formula is C13H13F3N2S. The Labute approximate surface area is 113 Å². The smallest absolute Gasteiger partial charge is 0.362 e. The van der Waals surface area contributed by atoms with Gasteiger partial charge < -0.3 is 5.32 Å². The second kappa shape index (κ2) is 5.61. The Hall–Kier alpha value is -1.56. The van der Waals surface area contributed by atoms with Crippen LogP contribution in [0.4, 0.5) is 18.3 Å². The molecule has 0 bridgehead atoms. The van der Waals surface area contributed by atoms with Gasteiger partial charge in [-0.05, 0) is 24.1 Å². The molecule has 1 N–H and O–H groups in total. The lowest BCUT2D eigenvalue weighted by Crippen LogP contribution is -2.04. The van der Waals surface area contributed by atoms with E-state index >= 15 is 0 Å². The minimum absolute atomic E-state index is 0.539. The van der Waals surface area contributed by atoms with Crippen molar-refractivity contribution >= 4 is 16.5 Å². The van der Waals surface area contributed by atoms with Crippen molar-refractivity contribution in [3.05, 3.63) is 36.0 Å². The zero-order valence-electron chi connectivity index (χ0n) is 10.3. The third kappa shape index (κ3) is 3.47. The van der Waals surface area contributed by atoms with Gasteiger partial charge in [-0.25, -0.2) is 4.98 Å². The van der Waals surface area contributed by atoms with Crippen molar-refractivity contribution in [1.29, 1.82) is 0 Å². The molecule has 0 fully saturated rings. The highest BCUT2D eigenvalue weighted by Crippen LogP contribution is 2.34. The third-order valence-electron chi connectivity index (χ3n) is 2.51. The first-order valence-electron chi connectivity index (χ1n) is 5.88. The van der Waals surface area contributed by atoms with Gasteiger partial charge in [0.05, 0.1) is 10.4 Å². The molecule has 19 heavy (non-hydrogen) atoms. The molecule has 0 saturated heterocycles. The van der Waals surface area contributed by atoms with Crippen molar-refractivity contribution in [2.24, 2.45) is 0 Å². The van der Waals surface area contributed by atoms with E-state index in [0.29, 0.717) is 5.56 Å². The molecule has 0 aliphatic heterocycles. The van der Waals surface area contributed by atoms with Crippen LogP contribution < -0.4 is 5.32 Å². The quantitative estimate of drug-likeness (QED) is 0.884. The Morgan fingerprint density at radius 2 is 2.11 bits per heavy atom. The van der Waals surface area contributed by atoms with Gasteiger partial charge in [0.2, 0.25) is 0 Å². The minimum atomic E-state index is -4.32. The number of hydrogen-bond donors (Lipinski definition) is 1. The second-order valence-electron chi connectivity index (χ2n) is 4.04. The number of rotatable bonds is 4. The van der Waals surface area contributed by atoms with E-state index in [1.165, 1.54) is 17.4 Å². The molecule has 0 aliphatic carbocycles. The van der Waals surface area contributed by atoms with Gasteiger partial charge in [0.15, 0.2) is 5.13 Å². The number of nitrogens with zero attached hydrogens (tertiary/aromatic N) is 1. The molecule has 2 rings (SSSR count). The number of aromatic nitrogens is 1. The summed E-state index contributed by atoms with van der Waals surface area (Å²) in [6.45, 7) is 2.84. The van der Waals surface area contributed by atoms with Crippen LogP contribution in [0.3, 0.4) is 0 Å². The van der Waals surface area contributed by atoms with Crippen LogP contribution in [-0.2, 0) is 6.18 Å². The molecule has 0 spiro atoms. The van der Waals surface area contributed by atoms with Crippen LogP contribution in [0, 0.1) is 0 Å². The third-order valence-corrected chi connectivity index (χ3v) is 3.51. The minimum Gasteiger partial charge on any atom is -0.362 e. The number of benzene rings is 1. The number of alkyl halides is 3. The topological polar surface area (TPSA) is 24.9 Å². The molecule has 1 aromatic carbocycles. The van der Waals surface area contributed by atoms with Gasteiger partial charge >= 0.3 is 6.18 Å². The summed E-state index contributed by atoms with van der Waals surface area (Å²) >= 11 is 1.36. The molecule has 0 amide bonds. The fourth-order valence-corrected chi connectivity index (χ4v) is 2.41. The van der Waals surface area contributed by atoms with Crippen LogP contribution in [0.1, 0.15) is 18.9 Å². The van der Waals surface area contributed by atoms with Crippen LogP contribution in [0.25, 0.3) is 10.4 Å². The van der Waals surface area contributed by atoms with Gasteiger partial charge in [-0.3, -0.25) is 0 Å². The van der Waals surface area contributed by atoms with E-state index in [1.54, 1.807) is 12.3 Å². The Balaban J connectivity index is 2.24. The summed E-state index contributed by atoms with van der Waals surface area (Å²) in [6, 6.07) is 5.29. The number of thiazole rings is 1. The van der Waals surface area contributed by atoms with E-state index in [0.717, 1.165) is 35.1 Å². The summed E-state index contributed by atoms with van der Waals surface area (Å²) in [5.41, 5.74) is -0.0988. The van der Waals surface area contributed by atoms with Gasteiger partial charge in [-0.2, -0.15) is 13.2 Å². The normalized spacial score (nSPS) is 11.6. The number of halogens is 3. The van der Waals surface area contributed by atoms with Crippen LogP contribution in [0.15, 0.2) is 30.5 Å². The number of hydrogen-bond acceptors (Lipinski definition) is 3. The van der Waals surface area contributed by atoms with Gasteiger partial charge in [-0.15, -0.1) is 0 Å². The summed E-state index contributed by atoms with van der Waals surface area (Å²) in [5.74, 6) is 0. The second-order valence-corrected chi connectivity index (χ2v) is 5.07. The predicted molar refractivity (Wildman–Crippen MR) is 71.3 cm³/mol. The van der Waals surface area contributed by atoms with Crippen molar-refractivity contribution in [3.8, 4) is 10.4 Å². The van der Waals surface area contributed by atoms with Crippen LogP contribution in [0.5, 0.6) is 0 Å². The first-order valence-corrected chi connectivity index (χ1v) is 6.69. The Morgan fingerprint density at radius 3 is 2.79 bits per heavy atom. The summed E-state index contributed by atoms with van der Waals surface area (Å²) in [7, 11) is 0. The van der Waals surface area contributed by atoms with E-state index in [-0.39, 0.29) is 0 Å². The van der Waals surface area contributed by atoms with Crippen molar-refractivity contribution in [2.45, 2.75) is 19.5 Å². The molecular weight excluding hydrogens is 273 g/mol. The fourth-order valence-electron chi connectivity index (χ4n) is 1.57. The molecule has 1 heterocycles. The molecule has 2 aromatic rings. The average molecular weight is 286 g/mol. The highest BCUT2D eigenvalue weighted by molar-refractivity contribution is 7.18. The first-order chi connectivity index (χ1) is 9.00. The maximum absolute atomic E-state index is 12.6. The molecule has 2 nitrogen and oxygen atoms in total. The monoisotopic (exact) mass is 286 g/mol. The van der Waals surface area contributed by atoms with E-state index in [2.05, 4.69) is 10.3 Å². The van der Waals surface area contributed by atoms with E-state index < -0.39 is 11.7 Å². The van der Waals surface area contributed by atoms with Crippen LogP contribution >= 0.6 is 11.3 Å². The van der Waals surface area contributed by atoms with E-state index in [4.69, 9.17) is 0 Å². The first kappa shape index (κ1) is 13.9. The highest BCUT2D eigenvalue weighted by Gasteiger charge is 2.30. The lowest BCUT2D eigenvalue weighted by molar-refractivity contribution is -0.137. The molecule has 0 unspecified atom stereocenters. The average Bonchev–Trinajstić information content (AvgIpc) is 2.84. The Kier molecular flexibility index (Phi) is 4.09. The molecule has 0 aliphatic rings. The number of nitrogens with one attached hydrogen (secondary N) is 1. The van der Waals surface area contributed by atoms with Gasteiger partial charge in [0.25, 0.3) is 0 Å². The van der Waals surface area contributed by atoms with Gasteiger partial charge in [-0.1, -0.05) is 30.4 Å². The van der Waals surface area contributed by atoms with Crippen molar-refractivity contribution in [1.82, 2.24) is 4.98 Å². The molecule has 0 atom stereocenters. The lowest BCUT2D eigenvalue weighted by atomic mass is 10.1. The zero-order valence-corrected chi connectivity index (χ0v) is 11.1. The zero-order chi connectivity index (χ0) is 13.9. The molecule has 0 radical (unpaired) electrons. The predicted octanol–water partition coefficient (Wildman–Crippen LogP) is 4.65. The van der Waals surface area contributed by atoms with Crippen molar-refractivity contribution in [3.63, 3.8) is 0 Å². The molecule has 1 aromatic heterocycles. The molecule has 102 valence electrons.